The van der Waals surface area contributed by atoms with Crippen LogP contribution in [0.4, 0.5) is 0 Å². The smallest absolute Gasteiger partial charge is 0.322 e. The lowest BCUT2D eigenvalue weighted by Crippen LogP contribution is -2.44. The highest BCUT2D eigenvalue weighted by Crippen LogP contribution is 2.49. The van der Waals surface area contributed by atoms with Crippen LogP contribution in [-0.4, -0.2) is 38.6 Å². The molecule has 1 fully saturated rings. The minimum absolute atomic E-state index is 0.0357. The molecule has 0 unspecified atom stereocenters. The fraction of sp³-hybridized carbons (Fsp3) is 0.529. The number of rotatable bonds is 8. The van der Waals surface area contributed by atoms with Crippen molar-refractivity contribution in [3.8, 4) is 0 Å². The Bertz CT molecular complexity index is 752. The molecule has 25 heavy (non-hydrogen) atoms. The average Bonchev–Trinajstić information content (AvgIpc) is 3.40. The van der Waals surface area contributed by atoms with Gasteiger partial charge in [-0.15, -0.1) is 0 Å². The highest BCUT2D eigenvalue weighted by Gasteiger charge is 2.52. The van der Waals surface area contributed by atoms with Crippen LogP contribution in [0, 0.1) is 5.92 Å². The second-order valence-corrected chi connectivity index (χ2v) is 8.13. The van der Waals surface area contributed by atoms with Gasteiger partial charge in [0.1, 0.15) is 6.04 Å². The van der Waals surface area contributed by atoms with Crippen LogP contribution < -0.4 is 4.72 Å². The zero-order valence-corrected chi connectivity index (χ0v) is 15.3. The summed E-state index contributed by atoms with van der Waals surface area (Å²) in [5.41, 5.74) is 0.0279. The number of hydrogen-bond acceptors (Lipinski definition) is 5. The van der Waals surface area contributed by atoms with E-state index < -0.39 is 27.4 Å². The lowest BCUT2D eigenvalue weighted by molar-refractivity contribution is -0.143. The number of benzene rings is 1. The van der Waals surface area contributed by atoms with Crippen LogP contribution in [0.3, 0.4) is 0 Å². The minimum Gasteiger partial charge on any atom is -0.480 e. The molecule has 8 heteroatoms. The van der Waals surface area contributed by atoms with Crippen LogP contribution in [0.5, 0.6) is 0 Å². The van der Waals surface area contributed by atoms with Crippen molar-refractivity contribution in [3.63, 3.8) is 0 Å². The van der Waals surface area contributed by atoms with Gasteiger partial charge in [0.15, 0.2) is 0 Å². The summed E-state index contributed by atoms with van der Waals surface area (Å²) in [6.07, 6.45) is 1.86. The summed E-state index contributed by atoms with van der Waals surface area (Å²) in [5, 5.41) is 9.25. The van der Waals surface area contributed by atoms with Crippen molar-refractivity contribution in [1.82, 2.24) is 4.72 Å². The largest absolute Gasteiger partial charge is 0.480 e. The predicted molar refractivity (Wildman–Crippen MR) is 90.6 cm³/mol. The van der Waals surface area contributed by atoms with Crippen LogP contribution >= 0.6 is 0 Å². The zero-order chi connectivity index (χ0) is 18.8. The monoisotopic (exact) mass is 369 g/mol. The molecule has 2 rings (SSSR count). The number of ether oxygens (including phenoxy) is 1. The lowest BCUT2D eigenvalue weighted by Gasteiger charge is -2.20. The fourth-order valence-corrected chi connectivity index (χ4v) is 4.06. The molecule has 1 aromatic carbocycles. The summed E-state index contributed by atoms with van der Waals surface area (Å²) in [6.45, 7) is 3.48. The molecule has 0 saturated heterocycles. The van der Waals surface area contributed by atoms with E-state index in [-0.39, 0.29) is 16.8 Å². The van der Waals surface area contributed by atoms with Crippen LogP contribution in [0.25, 0.3) is 0 Å². The maximum atomic E-state index is 12.5. The summed E-state index contributed by atoms with van der Waals surface area (Å²) in [7, 11) is -2.65. The summed E-state index contributed by atoms with van der Waals surface area (Å²) < 4.78 is 32.0. The molecule has 0 radical (unpaired) electrons. The number of nitrogens with one attached hydrogen (secondary N) is 1. The number of carbonyl (C=O) groups is 2. The maximum Gasteiger partial charge on any atom is 0.322 e. The first-order chi connectivity index (χ1) is 11.7. The Balaban J connectivity index is 2.23. The minimum atomic E-state index is -3.97. The van der Waals surface area contributed by atoms with Gasteiger partial charge in [-0.25, -0.2) is 8.42 Å². The van der Waals surface area contributed by atoms with Crippen molar-refractivity contribution >= 4 is 22.0 Å². The van der Waals surface area contributed by atoms with Gasteiger partial charge in [0.05, 0.1) is 17.4 Å². The van der Waals surface area contributed by atoms with E-state index in [0.29, 0.717) is 24.8 Å². The van der Waals surface area contributed by atoms with E-state index in [4.69, 9.17) is 4.74 Å². The van der Waals surface area contributed by atoms with Gasteiger partial charge in [0.25, 0.3) is 0 Å². The van der Waals surface area contributed by atoms with Gasteiger partial charge in [-0.1, -0.05) is 32.4 Å². The number of aliphatic carboxylic acids is 1. The zero-order valence-electron chi connectivity index (χ0n) is 14.5. The third kappa shape index (κ3) is 3.85. The fourth-order valence-electron chi connectivity index (χ4n) is 2.76. The van der Waals surface area contributed by atoms with E-state index in [1.54, 1.807) is 26.0 Å². The van der Waals surface area contributed by atoms with Crippen LogP contribution in [0.1, 0.15) is 38.7 Å². The average molecular weight is 369 g/mol. The van der Waals surface area contributed by atoms with Gasteiger partial charge >= 0.3 is 11.9 Å². The highest BCUT2D eigenvalue weighted by atomic mass is 32.2. The molecule has 2 atom stereocenters. The number of esters is 1. The van der Waals surface area contributed by atoms with E-state index in [1.165, 1.54) is 19.2 Å². The highest BCUT2D eigenvalue weighted by molar-refractivity contribution is 7.89. The molecule has 138 valence electrons. The van der Waals surface area contributed by atoms with Gasteiger partial charge in [-0.3, -0.25) is 9.59 Å². The second kappa shape index (κ2) is 7.13. The Hall–Kier alpha value is -1.93. The van der Waals surface area contributed by atoms with Crippen molar-refractivity contribution in [2.45, 2.75) is 49.5 Å². The van der Waals surface area contributed by atoms with E-state index in [9.17, 15) is 23.1 Å². The van der Waals surface area contributed by atoms with Crippen molar-refractivity contribution < 1.29 is 27.9 Å². The van der Waals surface area contributed by atoms with Crippen LogP contribution in [0.15, 0.2) is 29.2 Å². The van der Waals surface area contributed by atoms with Gasteiger partial charge in [0, 0.05) is 0 Å². The standard InChI is InChI=1S/C17H23NO6S/c1-4-11(2)14(15(19)20)18-25(22,23)13-7-5-12(6-8-13)17(9-10-17)16(21)24-3/h5-8,11,14,18H,4,9-10H2,1-3H3,(H,19,20)/t11-,14-/m0/s1. The van der Waals surface area contributed by atoms with Crippen molar-refractivity contribution in [2.75, 3.05) is 7.11 Å². The van der Waals surface area contributed by atoms with Crippen LogP contribution in [0.2, 0.25) is 0 Å². The molecule has 7 nitrogen and oxygen atoms in total. The molecule has 0 spiro atoms. The number of sulfonamides is 1. The number of carbonyl (C=O) groups excluding carboxylic acids is 1. The molecular formula is C17H23NO6S. The molecule has 2 N–H and O–H groups in total. The molecule has 1 saturated carbocycles. The summed E-state index contributed by atoms with van der Waals surface area (Å²) >= 11 is 0. The van der Waals surface area contributed by atoms with E-state index in [0.717, 1.165) is 0 Å². The van der Waals surface area contributed by atoms with Gasteiger partial charge in [-0.05, 0) is 36.5 Å². The number of carboxylic acids is 1. The molecule has 1 aliphatic carbocycles. The summed E-state index contributed by atoms with van der Waals surface area (Å²) in [5.74, 6) is -1.89. The van der Waals surface area contributed by atoms with Gasteiger partial charge in [0.2, 0.25) is 10.0 Å². The maximum absolute atomic E-state index is 12.5. The van der Waals surface area contributed by atoms with E-state index in [1.807, 2.05) is 0 Å². The number of methoxy groups -OCH3 is 1. The first-order valence-electron chi connectivity index (χ1n) is 8.12. The van der Waals surface area contributed by atoms with E-state index >= 15 is 0 Å². The molecule has 0 aromatic heterocycles. The number of carboxylic acid groups (broad SMARTS) is 1. The Kier molecular flexibility index (Phi) is 5.53. The first kappa shape index (κ1) is 19.4. The van der Waals surface area contributed by atoms with Crippen molar-refractivity contribution in [2.24, 2.45) is 5.92 Å². The van der Waals surface area contributed by atoms with Gasteiger partial charge < -0.3 is 9.84 Å². The van der Waals surface area contributed by atoms with Crippen molar-refractivity contribution in [1.29, 1.82) is 0 Å². The summed E-state index contributed by atoms with van der Waals surface area (Å²) in [4.78, 5) is 23.2. The Labute approximate surface area is 147 Å². The third-order valence-electron chi connectivity index (χ3n) is 4.80. The van der Waals surface area contributed by atoms with Gasteiger partial charge in [-0.2, -0.15) is 4.72 Å². The SMILES string of the molecule is CC[C@H](C)[C@H](NS(=O)(=O)c1ccc(C2(C(=O)OC)CC2)cc1)C(=O)O. The molecule has 0 heterocycles. The number of hydrogen-bond donors (Lipinski definition) is 2. The Morgan fingerprint density at radius 1 is 1.28 bits per heavy atom. The third-order valence-corrected chi connectivity index (χ3v) is 6.26. The molecule has 1 aromatic rings. The summed E-state index contributed by atoms with van der Waals surface area (Å²) in [6, 6.07) is 4.74. The molecule has 0 aliphatic heterocycles. The van der Waals surface area contributed by atoms with Crippen molar-refractivity contribution in [3.05, 3.63) is 29.8 Å². The first-order valence-corrected chi connectivity index (χ1v) is 9.60. The molecular weight excluding hydrogens is 346 g/mol. The predicted octanol–water partition coefficient (Wildman–Crippen LogP) is 1.67. The lowest BCUT2D eigenvalue weighted by atomic mass is 9.96. The topological polar surface area (TPSA) is 110 Å². The second-order valence-electron chi connectivity index (χ2n) is 6.42. The molecule has 1 aliphatic rings. The normalized spacial score (nSPS) is 18.2. The Morgan fingerprint density at radius 2 is 1.84 bits per heavy atom. The quantitative estimate of drug-likeness (QED) is 0.675. The van der Waals surface area contributed by atoms with E-state index in [2.05, 4.69) is 4.72 Å². The molecule has 0 amide bonds. The Morgan fingerprint density at radius 3 is 2.24 bits per heavy atom. The van der Waals surface area contributed by atoms with Crippen LogP contribution in [-0.2, 0) is 29.8 Å². The molecule has 0 bridgehead atoms.